The molecule has 0 saturated carbocycles. The number of ketones is 1. The Hall–Kier alpha value is -4.07. The molecule has 1 fully saturated rings. The molecule has 4 rings (SSSR count). The van der Waals surface area contributed by atoms with E-state index in [1.54, 1.807) is 36.8 Å². The first-order valence-electron chi connectivity index (χ1n) is 12.2. The van der Waals surface area contributed by atoms with Crippen molar-refractivity contribution in [3.05, 3.63) is 84.0 Å². The molecular weight excluding hydrogens is 458 g/mol. The number of benzene rings is 2. The lowest BCUT2D eigenvalue weighted by Gasteiger charge is -2.25. The van der Waals surface area contributed by atoms with Crippen LogP contribution < -0.4 is 9.47 Å². The average molecular weight is 490 g/mol. The fraction of sp³-hybridized carbons (Fsp3) is 0.321. The van der Waals surface area contributed by atoms with Gasteiger partial charge in [0.05, 0.1) is 31.2 Å². The van der Waals surface area contributed by atoms with Gasteiger partial charge in [0.25, 0.3) is 11.7 Å². The van der Waals surface area contributed by atoms with Crippen molar-refractivity contribution in [2.45, 2.75) is 39.3 Å². The van der Waals surface area contributed by atoms with Gasteiger partial charge in [-0.25, -0.2) is 4.98 Å². The second-order valence-corrected chi connectivity index (χ2v) is 8.52. The van der Waals surface area contributed by atoms with E-state index in [1.807, 2.05) is 48.9 Å². The summed E-state index contributed by atoms with van der Waals surface area (Å²) < 4.78 is 13.2. The third-order valence-electron chi connectivity index (χ3n) is 6.00. The summed E-state index contributed by atoms with van der Waals surface area (Å²) in [6.07, 6.45) is 6.77. The lowest BCUT2D eigenvalue weighted by molar-refractivity contribution is -0.139. The maximum Gasteiger partial charge on any atom is 0.295 e. The Bertz CT molecular complexity index is 1220. The largest absolute Gasteiger partial charge is 0.507 e. The van der Waals surface area contributed by atoms with Crippen LogP contribution in [0.2, 0.25) is 0 Å². The number of aryl methyl sites for hydroxylation is 1. The Morgan fingerprint density at radius 1 is 1.03 bits per heavy atom. The minimum Gasteiger partial charge on any atom is -0.507 e. The van der Waals surface area contributed by atoms with Gasteiger partial charge in [-0.15, -0.1) is 0 Å². The Morgan fingerprint density at radius 3 is 2.53 bits per heavy atom. The van der Waals surface area contributed by atoms with E-state index >= 15 is 0 Å². The average Bonchev–Trinajstić information content (AvgIpc) is 3.50. The van der Waals surface area contributed by atoms with Crippen molar-refractivity contribution in [2.24, 2.45) is 0 Å². The molecular formula is C28H31N3O5. The summed E-state index contributed by atoms with van der Waals surface area (Å²) in [5.74, 6) is -0.227. The fourth-order valence-electron chi connectivity index (χ4n) is 4.33. The summed E-state index contributed by atoms with van der Waals surface area (Å²) in [6.45, 7) is 5.98. The molecule has 0 aliphatic carbocycles. The van der Waals surface area contributed by atoms with Crippen LogP contribution in [0.25, 0.3) is 5.76 Å². The Balaban J connectivity index is 1.70. The molecule has 8 nitrogen and oxygen atoms in total. The maximum atomic E-state index is 13.2. The number of rotatable bonds is 11. The standard InChI is InChI=1S/C28H31N3O5/c1-3-17-36-22-11-9-20(10-12-22)26(32)24-25(21-7-5-8-23(18-21)35-4-2)31(28(34)27(24)33)15-6-14-30-16-13-29-19-30/h5,7-13,16,18-19,25,32H,3-4,6,14-15,17H2,1-2H3. The molecule has 0 radical (unpaired) electrons. The number of amides is 1. The van der Waals surface area contributed by atoms with Crippen molar-refractivity contribution >= 4 is 17.4 Å². The summed E-state index contributed by atoms with van der Waals surface area (Å²) in [5.41, 5.74) is 1.21. The van der Waals surface area contributed by atoms with Gasteiger partial charge in [-0.05, 0) is 61.7 Å². The quantitative estimate of drug-likeness (QED) is 0.241. The molecule has 2 heterocycles. The van der Waals surface area contributed by atoms with Crippen LogP contribution in [0, 0.1) is 0 Å². The lowest BCUT2D eigenvalue weighted by Crippen LogP contribution is -2.31. The predicted molar refractivity (Wildman–Crippen MR) is 136 cm³/mol. The van der Waals surface area contributed by atoms with Crippen LogP contribution in [-0.4, -0.2) is 51.0 Å². The number of hydrogen-bond donors (Lipinski definition) is 1. The normalized spacial score (nSPS) is 16.9. The van der Waals surface area contributed by atoms with Crippen molar-refractivity contribution in [1.82, 2.24) is 14.5 Å². The number of likely N-dealkylation sites (tertiary alicyclic amines) is 1. The molecule has 1 aliphatic rings. The lowest BCUT2D eigenvalue weighted by atomic mass is 9.95. The zero-order valence-electron chi connectivity index (χ0n) is 20.6. The third kappa shape index (κ3) is 5.43. The van der Waals surface area contributed by atoms with E-state index in [1.165, 1.54) is 4.90 Å². The Kier molecular flexibility index (Phi) is 8.05. The molecule has 1 unspecified atom stereocenters. The van der Waals surface area contributed by atoms with Gasteiger partial charge in [-0.3, -0.25) is 9.59 Å². The first-order chi connectivity index (χ1) is 17.5. The van der Waals surface area contributed by atoms with Gasteiger partial charge in [0, 0.05) is 31.0 Å². The molecule has 0 spiro atoms. The molecule has 188 valence electrons. The highest BCUT2D eigenvalue weighted by molar-refractivity contribution is 6.46. The predicted octanol–water partition coefficient (Wildman–Crippen LogP) is 4.58. The molecule has 3 aromatic rings. The van der Waals surface area contributed by atoms with Crippen LogP contribution in [0.15, 0.2) is 72.8 Å². The van der Waals surface area contributed by atoms with E-state index in [0.29, 0.717) is 55.4 Å². The second-order valence-electron chi connectivity index (χ2n) is 8.52. The number of nitrogens with zero attached hydrogens (tertiary/aromatic N) is 3. The van der Waals surface area contributed by atoms with Crippen LogP contribution in [0.4, 0.5) is 0 Å². The first kappa shape index (κ1) is 25.0. The molecule has 1 N–H and O–H groups in total. The van der Waals surface area contributed by atoms with E-state index in [4.69, 9.17) is 9.47 Å². The molecule has 1 aliphatic heterocycles. The number of imidazole rings is 1. The van der Waals surface area contributed by atoms with Gasteiger partial charge in [-0.1, -0.05) is 19.1 Å². The zero-order chi connectivity index (χ0) is 25.5. The van der Waals surface area contributed by atoms with Gasteiger partial charge in [0.2, 0.25) is 0 Å². The molecule has 1 atom stereocenters. The third-order valence-corrected chi connectivity index (χ3v) is 6.00. The van der Waals surface area contributed by atoms with Crippen LogP contribution in [0.1, 0.15) is 43.9 Å². The minimum atomic E-state index is -0.732. The van der Waals surface area contributed by atoms with Crippen molar-refractivity contribution < 1.29 is 24.2 Å². The van der Waals surface area contributed by atoms with E-state index in [2.05, 4.69) is 4.98 Å². The minimum absolute atomic E-state index is 0.0681. The topological polar surface area (TPSA) is 93.9 Å². The second kappa shape index (κ2) is 11.6. The van der Waals surface area contributed by atoms with E-state index in [9.17, 15) is 14.7 Å². The van der Waals surface area contributed by atoms with Crippen molar-refractivity contribution in [1.29, 1.82) is 0 Å². The zero-order valence-corrected chi connectivity index (χ0v) is 20.6. The van der Waals surface area contributed by atoms with Gasteiger partial charge in [-0.2, -0.15) is 0 Å². The number of ether oxygens (including phenoxy) is 2. The number of aromatic nitrogens is 2. The summed E-state index contributed by atoms with van der Waals surface area (Å²) in [6, 6.07) is 13.5. The van der Waals surface area contributed by atoms with Gasteiger partial charge >= 0.3 is 0 Å². The number of Topliss-reactive ketones (excluding diaryl/α,β-unsaturated/α-hetero) is 1. The summed E-state index contributed by atoms with van der Waals surface area (Å²) >= 11 is 0. The summed E-state index contributed by atoms with van der Waals surface area (Å²) in [7, 11) is 0. The number of carbonyl (C=O) groups excluding carboxylic acids is 2. The highest BCUT2D eigenvalue weighted by atomic mass is 16.5. The van der Waals surface area contributed by atoms with Gasteiger partial charge in [0.15, 0.2) is 0 Å². The number of aliphatic hydroxyl groups is 1. The fourth-order valence-corrected chi connectivity index (χ4v) is 4.33. The van der Waals surface area contributed by atoms with Crippen molar-refractivity contribution in [3.8, 4) is 11.5 Å². The van der Waals surface area contributed by atoms with Crippen LogP contribution in [0.5, 0.6) is 11.5 Å². The molecule has 1 saturated heterocycles. The Labute approximate surface area is 210 Å². The monoisotopic (exact) mass is 489 g/mol. The van der Waals surface area contributed by atoms with Crippen LogP contribution in [0.3, 0.4) is 0 Å². The highest BCUT2D eigenvalue weighted by Gasteiger charge is 2.45. The van der Waals surface area contributed by atoms with Gasteiger partial charge in [0.1, 0.15) is 17.3 Å². The smallest absolute Gasteiger partial charge is 0.295 e. The van der Waals surface area contributed by atoms with E-state index in [0.717, 1.165) is 6.42 Å². The molecule has 0 bridgehead atoms. The van der Waals surface area contributed by atoms with E-state index in [-0.39, 0.29) is 11.3 Å². The summed E-state index contributed by atoms with van der Waals surface area (Å²) in [4.78, 5) is 32.0. The molecule has 1 amide bonds. The van der Waals surface area contributed by atoms with Crippen LogP contribution >= 0.6 is 0 Å². The molecule has 2 aromatic carbocycles. The number of aliphatic hydroxyl groups excluding tert-OH is 1. The van der Waals surface area contributed by atoms with E-state index < -0.39 is 17.7 Å². The molecule has 36 heavy (non-hydrogen) atoms. The summed E-state index contributed by atoms with van der Waals surface area (Å²) in [5, 5.41) is 11.3. The first-order valence-corrected chi connectivity index (χ1v) is 12.2. The number of hydrogen-bond acceptors (Lipinski definition) is 6. The van der Waals surface area contributed by atoms with Crippen molar-refractivity contribution in [2.75, 3.05) is 19.8 Å². The SMILES string of the molecule is CCCOc1ccc(C(O)=C2C(=O)C(=O)N(CCCn3ccnc3)C2c2cccc(OCC)c2)cc1. The van der Waals surface area contributed by atoms with Crippen LogP contribution in [-0.2, 0) is 16.1 Å². The molecule has 8 heteroatoms. The number of carbonyl (C=O) groups is 2. The molecule has 1 aromatic heterocycles. The maximum absolute atomic E-state index is 13.2. The highest BCUT2D eigenvalue weighted by Crippen LogP contribution is 2.40. The Morgan fingerprint density at radius 2 is 1.83 bits per heavy atom. The van der Waals surface area contributed by atoms with Crippen molar-refractivity contribution in [3.63, 3.8) is 0 Å². The van der Waals surface area contributed by atoms with Gasteiger partial charge < -0.3 is 24.0 Å².